The Morgan fingerprint density at radius 3 is 1.29 bits per heavy atom. The summed E-state index contributed by atoms with van der Waals surface area (Å²) in [5.41, 5.74) is 0. The van der Waals surface area contributed by atoms with E-state index in [1.54, 1.807) is 0 Å². The third kappa shape index (κ3) is 6.64. The summed E-state index contributed by atoms with van der Waals surface area (Å²) in [5, 5.41) is 0. The van der Waals surface area contributed by atoms with Crippen molar-refractivity contribution < 1.29 is 0 Å². The Morgan fingerprint density at radius 2 is 1.29 bits per heavy atom. The van der Waals surface area contributed by atoms with Crippen LogP contribution in [0.1, 0.15) is 27.7 Å². The van der Waals surface area contributed by atoms with E-state index in [2.05, 4.69) is 27.7 Å². The molecule has 0 rings (SSSR count). The third-order valence-electron chi connectivity index (χ3n) is 1.15. The predicted octanol–water partition coefficient (Wildman–Crippen LogP) is 1.07. The van der Waals surface area contributed by atoms with Gasteiger partial charge in [0.1, 0.15) is 0 Å². The van der Waals surface area contributed by atoms with Crippen molar-refractivity contribution in [2.75, 3.05) is 0 Å². The van der Waals surface area contributed by atoms with Crippen molar-refractivity contribution in [3.63, 3.8) is 0 Å². The molecule has 1 radical (unpaired) electrons. The molecular weight excluding hydrogens is 142 g/mol. The van der Waals surface area contributed by atoms with E-state index < -0.39 is 0 Å². The van der Waals surface area contributed by atoms with Gasteiger partial charge in [-0.25, -0.2) is 0 Å². The molecule has 43 valence electrons. The molecule has 1 heteroatoms. The molecular formula is C6H16Ga. The molecule has 0 aromatic carbocycles. The van der Waals surface area contributed by atoms with Gasteiger partial charge in [-0.15, -0.1) is 0 Å². The van der Waals surface area contributed by atoms with Crippen LogP contribution in [0.4, 0.5) is 0 Å². The van der Waals surface area contributed by atoms with Crippen molar-refractivity contribution in [2.24, 2.45) is 5.92 Å². The van der Waals surface area contributed by atoms with Crippen LogP contribution in [0.15, 0.2) is 0 Å². The van der Waals surface area contributed by atoms with E-state index in [9.17, 15) is 0 Å². The Labute approximate surface area is 59.7 Å². The fourth-order valence-electron chi connectivity index (χ4n) is 0. The Kier molecular flexibility index (Phi) is 7.24. The molecule has 0 aliphatic carbocycles. The summed E-state index contributed by atoms with van der Waals surface area (Å²) in [4.78, 5) is 0. The van der Waals surface area contributed by atoms with Gasteiger partial charge in [0.15, 0.2) is 0 Å². The molecule has 0 bridgehead atoms. The first-order valence-electron chi connectivity index (χ1n) is 2.44. The SMILES string of the molecule is C[C](C)C(C)C.[GaH3]. The van der Waals surface area contributed by atoms with Gasteiger partial charge in [0.05, 0.1) is 0 Å². The molecule has 0 spiro atoms. The van der Waals surface area contributed by atoms with Crippen molar-refractivity contribution in [3.05, 3.63) is 5.92 Å². The van der Waals surface area contributed by atoms with Crippen LogP contribution >= 0.6 is 0 Å². The standard InChI is InChI=1S/C6H13.Ga.3H/c1-5(2)6(3)4;;;;/h5H,1-4H3;;;;. The van der Waals surface area contributed by atoms with Crippen LogP contribution < -0.4 is 0 Å². The van der Waals surface area contributed by atoms with Gasteiger partial charge in [0.25, 0.3) is 0 Å². The van der Waals surface area contributed by atoms with Crippen LogP contribution in [-0.2, 0) is 0 Å². The van der Waals surface area contributed by atoms with E-state index in [0.717, 1.165) is 5.92 Å². The summed E-state index contributed by atoms with van der Waals surface area (Å²) in [6.07, 6.45) is 0. The van der Waals surface area contributed by atoms with Crippen LogP contribution in [0.25, 0.3) is 0 Å². The predicted molar refractivity (Wildman–Crippen MR) is 39.4 cm³/mol. The van der Waals surface area contributed by atoms with Crippen molar-refractivity contribution in [2.45, 2.75) is 27.7 Å². The molecule has 0 nitrogen and oxygen atoms in total. The minimum absolute atomic E-state index is 0. The molecule has 0 aromatic heterocycles. The monoisotopic (exact) mass is 157 g/mol. The van der Waals surface area contributed by atoms with E-state index in [1.807, 2.05) is 0 Å². The van der Waals surface area contributed by atoms with E-state index in [-0.39, 0.29) is 19.8 Å². The van der Waals surface area contributed by atoms with Gasteiger partial charge in [-0.3, -0.25) is 0 Å². The molecule has 0 saturated heterocycles. The Morgan fingerprint density at radius 1 is 1.14 bits per heavy atom. The molecule has 0 saturated carbocycles. The van der Waals surface area contributed by atoms with Gasteiger partial charge in [0.2, 0.25) is 0 Å². The molecule has 7 heavy (non-hydrogen) atoms. The van der Waals surface area contributed by atoms with Crippen LogP contribution in [0.5, 0.6) is 0 Å². The van der Waals surface area contributed by atoms with Crippen LogP contribution in [0.2, 0.25) is 0 Å². The molecule has 0 aromatic rings. The molecule has 0 aliphatic heterocycles. The molecule has 0 N–H and O–H groups in total. The topological polar surface area (TPSA) is 0 Å². The fourth-order valence-corrected chi connectivity index (χ4v) is 0. The number of hydrogen-bond donors (Lipinski definition) is 0. The summed E-state index contributed by atoms with van der Waals surface area (Å²) in [6, 6.07) is 0. The fraction of sp³-hybridized carbons (Fsp3) is 0.833. The van der Waals surface area contributed by atoms with Crippen LogP contribution in [0.3, 0.4) is 0 Å². The van der Waals surface area contributed by atoms with Gasteiger partial charge >= 0.3 is 19.8 Å². The summed E-state index contributed by atoms with van der Waals surface area (Å²) < 4.78 is 0. The van der Waals surface area contributed by atoms with Gasteiger partial charge in [0, 0.05) is 0 Å². The van der Waals surface area contributed by atoms with Gasteiger partial charge in [-0.1, -0.05) is 27.7 Å². The van der Waals surface area contributed by atoms with E-state index in [0.29, 0.717) is 0 Å². The molecule has 0 heterocycles. The summed E-state index contributed by atoms with van der Waals surface area (Å²) >= 11 is 0. The zero-order valence-corrected chi connectivity index (χ0v) is 5.08. The number of rotatable bonds is 1. The first-order chi connectivity index (χ1) is 2.64. The molecule has 0 fully saturated rings. The second-order valence-corrected chi connectivity index (χ2v) is 2.23. The van der Waals surface area contributed by atoms with Crippen molar-refractivity contribution in [3.8, 4) is 0 Å². The van der Waals surface area contributed by atoms with E-state index >= 15 is 0 Å². The Balaban J connectivity index is 0. The maximum absolute atomic E-state index is 2.20. The molecule has 0 aliphatic rings. The summed E-state index contributed by atoms with van der Waals surface area (Å²) in [5.74, 6) is 2.28. The molecule has 0 amide bonds. The normalized spacial score (nSPS) is 9.43. The average Bonchev–Trinajstić information content (AvgIpc) is 1.36. The third-order valence-corrected chi connectivity index (χ3v) is 1.15. The summed E-state index contributed by atoms with van der Waals surface area (Å²) in [6.45, 7) is 8.72. The first-order valence-corrected chi connectivity index (χ1v) is 2.44. The van der Waals surface area contributed by atoms with Gasteiger partial charge in [-0.2, -0.15) is 0 Å². The quantitative estimate of drug-likeness (QED) is 0.500. The molecule has 0 atom stereocenters. The second kappa shape index (κ2) is 4.79. The number of hydrogen-bond acceptors (Lipinski definition) is 0. The van der Waals surface area contributed by atoms with Gasteiger partial charge < -0.3 is 0 Å². The Hall–Kier alpha value is 0.636. The van der Waals surface area contributed by atoms with Crippen molar-refractivity contribution >= 4 is 19.8 Å². The first kappa shape index (κ1) is 10.6. The van der Waals surface area contributed by atoms with Crippen LogP contribution in [-0.4, -0.2) is 19.8 Å². The minimum atomic E-state index is 0. The van der Waals surface area contributed by atoms with Crippen molar-refractivity contribution in [1.29, 1.82) is 0 Å². The second-order valence-electron chi connectivity index (χ2n) is 2.23. The van der Waals surface area contributed by atoms with Crippen LogP contribution in [0, 0.1) is 11.8 Å². The zero-order valence-electron chi connectivity index (χ0n) is 5.08. The van der Waals surface area contributed by atoms with Crippen molar-refractivity contribution in [1.82, 2.24) is 0 Å². The van der Waals surface area contributed by atoms with E-state index in [4.69, 9.17) is 0 Å². The summed E-state index contributed by atoms with van der Waals surface area (Å²) in [7, 11) is 0. The zero-order chi connectivity index (χ0) is 5.15. The van der Waals surface area contributed by atoms with E-state index in [1.165, 1.54) is 5.92 Å². The van der Waals surface area contributed by atoms with Gasteiger partial charge in [-0.05, 0) is 11.8 Å². The maximum atomic E-state index is 2.20. The average molecular weight is 158 g/mol. The molecule has 0 unspecified atom stereocenters. The Bertz CT molecular complexity index is 25.2.